The van der Waals surface area contributed by atoms with E-state index in [1.165, 1.54) is 36.4 Å². The minimum atomic E-state index is -1.12. The Kier molecular flexibility index (Phi) is 8.33. The lowest BCUT2D eigenvalue weighted by Gasteiger charge is -2.06. The lowest BCUT2D eigenvalue weighted by molar-refractivity contribution is -0.139. The molecule has 0 aliphatic heterocycles. The number of carbonyl (C=O) groups is 2. The summed E-state index contributed by atoms with van der Waals surface area (Å²) in [7, 11) is 0. The van der Waals surface area contributed by atoms with Crippen molar-refractivity contribution in [2.75, 3.05) is 0 Å². The minimum Gasteiger partial charge on any atom is -0.480 e. The Bertz CT molecular complexity index is 738. The van der Waals surface area contributed by atoms with Gasteiger partial charge in [-0.1, -0.05) is 30.3 Å². The maximum Gasteiger partial charge on any atom is 0.320 e. The van der Waals surface area contributed by atoms with Gasteiger partial charge in [0.2, 0.25) is 0 Å². The molecule has 6 N–H and O–H groups in total. The number of benzene rings is 2. The van der Waals surface area contributed by atoms with Gasteiger partial charge < -0.3 is 21.7 Å². The highest BCUT2D eigenvalue weighted by Gasteiger charge is 2.14. The van der Waals surface area contributed by atoms with Gasteiger partial charge in [0.15, 0.2) is 0 Å². The van der Waals surface area contributed by atoms with Crippen LogP contribution in [0.25, 0.3) is 0 Å². The average molecular weight is 366 g/mol. The van der Waals surface area contributed by atoms with Crippen molar-refractivity contribution in [3.05, 3.63) is 71.3 Å². The van der Waals surface area contributed by atoms with Gasteiger partial charge in [-0.15, -0.1) is 0 Å². The summed E-state index contributed by atoms with van der Waals surface area (Å²) in [5, 5.41) is 17.0. The Morgan fingerprint density at radius 3 is 1.85 bits per heavy atom. The fraction of sp³-hybridized carbons (Fsp3) is 0.222. The van der Waals surface area contributed by atoms with Crippen LogP contribution in [0.2, 0.25) is 0 Å². The van der Waals surface area contributed by atoms with E-state index in [1.807, 2.05) is 0 Å². The number of nitrogens with two attached hydrogens (primary N) is 2. The lowest BCUT2D eigenvalue weighted by Crippen LogP contribution is -2.32. The van der Waals surface area contributed by atoms with Crippen molar-refractivity contribution in [2.24, 2.45) is 11.5 Å². The monoisotopic (exact) mass is 366 g/mol. The quantitative estimate of drug-likeness (QED) is 0.614. The molecule has 2 aromatic rings. The molecular weight excluding hydrogens is 346 g/mol. The van der Waals surface area contributed by atoms with Crippen molar-refractivity contribution < 1.29 is 28.6 Å². The summed E-state index contributed by atoms with van der Waals surface area (Å²) < 4.78 is 25.4. The second kappa shape index (κ2) is 10.2. The maximum absolute atomic E-state index is 13.0. The van der Waals surface area contributed by atoms with Crippen molar-refractivity contribution in [3.63, 3.8) is 0 Å². The zero-order valence-corrected chi connectivity index (χ0v) is 13.8. The van der Waals surface area contributed by atoms with Gasteiger partial charge in [0, 0.05) is 6.42 Å². The zero-order chi connectivity index (χ0) is 19.7. The first-order chi connectivity index (χ1) is 12.2. The first kappa shape index (κ1) is 21.2. The molecule has 0 fully saturated rings. The molecule has 2 atom stereocenters. The largest absolute Gasteiger partial charge is 0.480 e. The molecule has 26 heavy (non-hydrogen) atoms. The second-order valence-electron chi connectivity index (χ2n) is 5.52. The lowest BCUT2D eigenvalue weighted by atomic mass is 10.1. The Morgan fingerprint density at radius 1 is 0.846 bits per heavy atom. The third-order valence-electron chi connectivity index (χ3n) is 3.40. The number of carboxylic acids is 2. The van der Waals surface area contributed by atoms with Gasteiger partial charge >= 0.3 is 11.9 Å². The van der Waals surface area contributed by atoms with E-state index < -0.39 is 29.8 Å². The highest BCUT2D eigenvalue weighted by atomic mass is 19.1. The smallest absolute Gasteiger partial charge is 0.320 e. The van der Waals surface area contributed by atoms with Gasteiger partial charge in [-0.2, -0.15) is 0 Å². The highest BCUT2D eigenvalue weighted by molar-refractivity contribution is 5.73. The first-order valence-electron chi connectivity index (χ1n) is 7.65. The summed E-state index contributed by atoms with van der Waals surface area (Å²) in [6.07, 6.45) is 0.234. The molecule has 0 saturated carbocycles. The van der Waals surface area contributed by atoms with E-state index in [4.69, 9.17) is 21.7 Å². The van der Waals surface area contributed by atoms with E-state index in [1.54, 1.807) is 12.1 Å². The number of halogens is 2. The summed E-state index contributed by atoms with van der Waals surface area (Å²) in [5.74, 6) is -2.93. The summed E-state index contributed by atoms with van der Waals surface area (Å²) in [6, 6.07) is 9.65. The molecule has 0 amide bonds. The molecule has 0 aromatic heterocycles. The van der Waals surface area contributed by atoms with E-state index in [2.05, 4.69) is 0 Å². The fourth-order valence-corrected chi connectivity index (χ4v) is 1.95. The van der Waals surface area contributed by atoms with E-state index in [9.17, 15) is 18.4 Å². The zero-order valence-electron chi connectivity index (χ0n) is 13.8. The average Bonchev–Trinajstić information content (AvgIpc) is 2.59. The normalized spacial score (nSPS) is 12.5. The van der Waals surface area contributed by atoms with Crippen molar-refractivity contribution in [1.29, 1.82) is 0 Å². The number of aliphatic carboxylic acids is 2. The van der Waals surface area contributed by atoms with Gasteiger partial charge in [-0.05, 0) is 35.7 Å². The molecular formula is C18H20F2N2O4. The van der Waals surface area contributed by atoms with Crippen LogP contribution >= 0.6 is 0 Å². The minimum absolute atomic E-state index is 0.0159. The highest BCUT2D eigenvalue weighted by Crippen LogP contribution is 2.08. The van der Waals surface area contributed by atoms with Crippen LogP contribution in [0.3, 0.4) is 0 Å². The molecule has 0 spiro atoms. The van der Waals surface area contributed by atoms with E-state index in [-0.39, 0.29) is 18.7 Å². The molecule has 0 aliphatic rings. The van der Waals surface area contributed by atoms with E-state index >= 15 is 0 Å². The molecule has 8 heteroatoms. The molecule has 2 rings (SSSR count). The predicted molar refractivity (Wildman–Crippen MR) is 91.4 cm³/mol. The summed E-state index contributed by atoms with van der Waals surface area (Å²) in [6.45, 7) is 0. The van der Waals surface area contributed by atoms with Crippen molar-refractivity contribution in [1.82, 2.24) is 0 Å². The molecule has 2 aromatic carbocycles. The molecule has 0 saturated heterocycles. The number of hydrogen-bond donors (Lipinski definition) is 4. The Balaban J connectivity index is 0.000000260. The van der Waals surface area contributed by atoms with Crippen LogP contribution in [-0.2, 0) is 22.4 Å². The van der Waals surface area contributed by atoms with Crippen molar-refractivity contribution in [3.8, 4) is 0 Å². The van der Waals surface area contributed by atoms with E-state index in [0.717, 1.165) is 5.56 Å². The van der Waals surface area contributed by atoms with Gasteiger partial charge in [0.25, 0.3) is 0 Å². The number of rotatable bonds is 6. The van der Waals surface area contributed by atoms with Crippen LogP contribution < -0.4 is 11.5 Å². The van der Waals surface area contributed by atoms with Crippen molar-refractivity contribution in [2.45, 2.75) is 24.9 Å². The predicted octanol–water partition coefficient (Wildman–Crippen LogP) is 1.56. The van der Waals surface area contributed by atoms with Crippen LogP contribution in [0.15, 0.2) is 48.5 Å². The molecule has 140 valence electrons. The van der Waals surface area contributed by atoms with Crippen LogP contribution in [0.4, 0.5) is 8.78 Å². The third-order valence-corrected chi connectivity index (χ3v) is 3.40. The van der Waals surface area contributed by atoms with Gasteiger partial charge in [-0.3, -0.25) is 9.59 Å². The first-order valence-corrected chi connectivity index (χ1v) is 7.65. The van der Waals surface area contributed by atoms with E-state index in [0.29, 0.717) is 5.56 Å². The summed E-state index contributed by atoms with van der Waals surface area (Å²) in [4.78, 5) is 20.7. The van der Waals surface area contributed by atoms with Crippen LogP contribution in [0, 0.1) is 11.6 Å². The van der Waals surface area contributed by atoms with Gasteiger partial charge in [0.05, 0.1) is 0 Å². The molecule has 0 bridgehead atoms. The van der Waals surface area contributed by atoms with Crippen LogP contribution in [0.5, 0.6) is 0 Å². The Labute approximate surface area is 149 Å². The number of hydrogen-bond acceptors (Lipinski definition) is 4. The summed E-state index contributed by atoms with van der Waals surface area (Å²) in [5.41, 5.74) is 11.6. The SMILES string of the molecule is NC(Cc1ccc(F)cc1)C(=O)O.NC(Cc1ccccc1F)C(=O)O. The molecule has 0 heterocycles. The van der Waals surface area contributed by atoms with Crippen LogP contribution in [-0.4, -0.2) is 34.2 Å². The van der Waals surface area contributed by atoms with Crippen molar-refractivity contribution >= 4 is 11.9 Å². The molecule has 2 unspecified atom stereocenters. The molecule has 0 radical (unpaired) electrons. The maximum atomic E-state index is 13.0. The van der Waals surface area contributed by atoms with Gasteiger partial charge in [-0.25, -0.2) is 8.78 Å². The third kappa shape index (κ3) is 7.37. The Hall–Kier alpha value is -2.84. The van der Waals surface area contributed by atoms with Gasteiger partial charge in [0.1, 0.15) is 23.7 Å². The number of carboxylic acid groups (broad SMARTS) is 2. The Morgan fingerprint density at radius 2 is 1.35 bits per heavy atom. The molecule has 0 aliphatic carbocycles. The molecule has 6 nitrogen and oxygen atoms in total. The topological polar surface area (TPSA) is 127 Å². The van der Waals surface area contributed by atoms with Crippen LogP contribution in [0.1, 0.15) is 11.1 Å². The second-order valence-corrected chi connectivity index (χ2v) is 5.52. The fourth-order valence-electron chi connectivity index (χ4n) is 1.95. The standard InChI is InChI=1S/2C9H10FNO2/c10-7-3-1-6(2-4-7)5-8(11)9(12)13;10-7-4-2-1-3-6(7)5-8(11)9(12)13/h2*1-4,8H,5,11H2,(H,12,13). The summed E-state index contributed by atoms with van der Waals surface area (Å²) >= 11 is 0.